The first-order valence-corrected chi connectivity index (χ1v) is 7.88. The third-order valence-electron chi connectivity index (χ3n) is 5.20. The summed E-state index contributed by atoms with van der Waals surface area (Å²) in [6, 6.07) is 6.42. The quantitative estimate of drug-likeness (QED) is 0.810. The molecule has 1 amide bonds. The number of carbonyl (C=O) groups is 1. The van der Waals surface area contributed by atoms with Gasteiger partial charge in [0.2, 0.25) is 0 Å². The molecule has 3 nitrogen and oxygen atoms in total. The van der Waals surface area contributed by atoms with E-state index in [1.165, 1.54) is 16.7 Å². The number of hydrogen-bond acceptors (Lipinski definition) is 2. The highest BCUT2D eigenvalue weighted by molar-refractivity contribution is 5.74. The molecular weight excluding hydrogens is 262 g/mol. The molecule has 0 aliphatic carbocycles. The van der Waals surface area contributed by atoms with Crippen molar-refractivity contribution in [3.8, 4) is 0 Å². The van der Waals surface area contributed by atoms with Crippen molar-refractivity contribution in [3.05, 3.63) is 34.9 Å². The van der Waals surface area contributed by atoms with Crippen molar-refractivity contribution in [1.29, 1.82) is 0 Å². The van der Waals surface area contributed by atoms with Gasteiger partial charge in [0.15, 0.2) is 0 Å². The van der Waals surface area contributed by atoms with Crippen LogP contribution in [0.5, 0.6) is 0 Å². The largest absolute Gasteiger partial charge is 0.449 e. The van der Waals surface area contributed by atoms with Crippen LogP contribution < -0.4 is 0 Å². The van der Waals surface area contributed by atoms with Crippen LogP contribution in [0.4, 0.5) is 4.79 Å². The first kappa shape index (κ1) is 14.4. The van der Waals surface area contributed by atoms with Gasteiger partial charge in [-0.15, -0.1) is 0 Å². The maximum Gasteiger partial charge on any atom is 0.411 e. The van der Waals surface area contributed by atoms with Crippen molar-refractivity contribution < 1.29 is 9.53 Å². The highest BCUT2D eigenvalue weighted by Gasteiger charge is 2.62. The molecule has 2 aliphatic heterocycles. The Morgan fingerprint density at radius 3 is 2.57 bits per heavy atom. The van der Waals surface area contributed by atoms with E-state index in [2.05, 4.69) is 52.8 Å². The Morgan fingerprint density at radius 2 is 1.95 bits per heavy atom. The van der Waals surface area contributed by atoms with E-state index in [-0.39, 0.29) is 17.2 Å². The molecule has 3 rings (SSSR count). The summed E-state index contributed by atoms with van der Waals surface area (Å²) in [5.74, 6) is 0.360. The molecular formula is C18H25NO2. The van der Waals surface area contributed by atoms with Crippen LogP contribution in [0.15, 0.2) is 18.2 Å². The SMILES string of the molecule is Cc1cccc2c1[C@@]1(C)CC[C@]2(C)N1C(=O)OCC(C)C. The van der Waals surface area contributed by atoms with E-state index in [4.69, 9.17) is 4.74 Å². The zero-order valence-electron chi connectivity index (χ0n) is 13.7. The van der Waals surface area contributed by atoms with Gasteiger partial charge in [0.05, 0.1) is 17.7 Å². The van der Waals surface area contributed by atoms with Gasteiger partial charge < -0.3 is 4.74 Å². The molecule has 1 aromatic rings. The number of nitrogens with zero attached hydrogens (tertiary/aromatic N) is 1. The van der Waals surface area contributed by atoms with Crippen LogP contribution in [0.1, 0.15) is 57.2 Å². The summed E-state index contributed by atoms with van der Waals surface area (Å²) < 4.78 is 5.56. The molecule has 2 heterocycles. The number of hydrogen-bond donors (Lipinski definition) is 0. The lowest BCUT2D eigenvalue weighted by Gasteiger charge is -2.35. The Bertz CT molecular complexity index is 595. The van der Waals surface area contributed by atoms with Gasteiger partial charge >= 0.3 is 6.09 Å². The standard InChI is InChI=1S/C18H25NO2/c1-12(2)11-21-16(20)19-17(4)9-10-18(19,5)15-13(3)7-6-8-14(15)17/h6-8,12H,9-11H2,1-5H3/t17-,18+/m0/s1. The Labute approximate surface area is 127 Å². The van der Waals surface area contributed by atoms with E-state index < -0.39 is 0 Å². The summed E-state index contributed by atoms with van der Waals surface area (Å²) >= 11 is 0. The van der Waals surface area contributed by atoms with Gasteiger partial charge in [-0.2, -0.15) is 0 Å². The number of ether oxygens (including phenoxy) is 1. The molecule has 0 saturated carbocycles. The van der Waals surface area contributed by atoms with E-state index >= 15 is 0 Å². The molecule has 1 fully saturated rings. The van der Waals surface area contributed by atoms with Crippen LogP contribution >= 0.6 is 0 Å². The summed E-state index contributed by atoms with van der Waals surface area (Å²) in [7, 11) is 0. The van der Waals surface area contributed by atoms with Gasteiger partial charge in [-0.3, -0.25) is 4.90 Å². The average molecular weight is 287 g/mol. The molecule has 2 bridgehead atoms. The lowest BCUT2D eigenvalue weighted by atomic mass is 9.76. The van der Waals surface area contributed by atoms with Crippen molar-refractivity contribution in [2.75, 3.05) is 6.61 Å². The molecule has 0 aromatic heterocycles. The summed E-state index contributed by atoms with van der Waals surface area (Å²) in [6.07, 6.45) is 1.86. The number of aryl methyl sites for hydroxylation is 1. The Morgan fingerprint density at radius 1 is 1.29 bits per heavy atom. The summed E-state index contributed by atoms with van der Waals surface area (Å²) in [4.78, 5) is 14.7. The van der Waals surface area contributed by atoms with Crippen molar-refractivity contribution >= 4 is 6.09 Å². The fourth-order valence-electron chi connectivity index (χ4n) is 4.28. The number of carbonyl (C=O) groups excluding carboxylic acids is 1. The predicted octanol–water partition coefficient (Wildman–Crippen LogP) is 4.33. The van der Waals surface area contributed by atoms with E-state index in [0.29, 0.717) is 12.5 Å². The minimum Gasteiger partial charge on any atom is -0.449 e. The smallest absolute Gasteiger partial charge is 0.411 e. The third-order valence-corrected chi connectivity index (χ3v) is 5.20. The van der Waals surface area contributed by atoms with Gasteiger partial charge in [-0.1, -0.05) is 32.0 Å². The zero-order chi connectivity index (χ0) is 15.4. The van der Waals surface area contributed by atoms with Crippen molar-refractivity contribution in [3.63, 3.8) is 0 Å². The summed E-state index contributed by atoms with van der Waals surface area (Å²) in [5.41, 5.74) is 3.48. The zero-order valence-corrected chi connectivity index (χ0v) is 13.7. The molecule has 21 heavy (non-hydrogen) atoms. The average Bonchev–Trinajstić information content (AvgIpc) is 2.79. The van der Waals surface area contributed by atoms with Crippen LogP contribution in [-0.2, 0) is 15.8 Å². The van der Waals surface area contributed by atoms with Crippen LogP contribution in [0.2, 0.25) is 0 Å². The van der Waals surface area contributed by atoms with E-state index in [1.807, 2.05) is 4.90 Å². The van der Waals surface area contributed by atoms with Crippen LogP contribution in [0.25, 0.3) is 0 Å². The predicted molar refractivity (Wildman–Crippen MR) is 83.1 cm³/mol. The molecule has 1 saturated heterocycles. The van der Waals surface area contributed by atoms with Gasteiger partial charge in [-0.05, 0) is 56.2 Å². The second kappa shape index (κ2) is 4.49. The first-order valence-electron chi connectivity index (χ1n) is 7.88. The van der Waals surface area contributed by atoms with Gasteiger partial charge in [-0.25, -0.2) is 4.79 Å². The fraction of sp³-hybridized carbons (Fsp3) is 0.611. The van der Waals surface area contributed by atoms with Gasteiger partial charge in [0.25, 0.3) is 0 Å². The molecule has 3 heteroatoms. The van der Waals surface area contributed by atoms with Gasteiger partial charge in [0, 0.05) is 0 Å². The monoisotopic (exact) mass is 287 g/mol. The molecule has 0 unspecified atom stereocenters. The normalized spacial score (nSPS) is 29.9. The molecule has 114 valence electrons. The Balaban J connectivity index is 2.02. The highest BCUT2D eigenvalue weighted by atomic mass is 16.6. The third kappa shape index (κ3) is 1.82. The second-order valence-electron chi connectivity index (χ2n) is 7.35. The van der Waals surface area contributed by atoms with Crippen molar-refractivity contribution in [2.45, 2.75) is 58.5 Å². The van der Waals surface area contributed by atoms with E-state index in [1.54, 1.807) is 0 Å². The minimum atomic E-state index is -0.219. The van der Waals surface area contributed by atoms with Crippen molar-refractivity contribution in [1.82, 2.24) is 4.90 Å². The van der Waals surface area contributed by atoms with Crippen LogP contribution in [-0.4, -0.2) is 17.6 Å². The Kier molecular flexibility index (Phi) is 3.09. The molecule has 0 N–H and O–H groups in total. The van der Waals surface area contributed by atoms with E-state index in [0.717, 1.165) is 12.8 Å². The second-order valence-corrected chi connectivity index (χ2v) is 7.35. The fourth-order valence-corrected chi connectivity index (χ4v) is 4.28. The lowest BCUT2D eigenvalue weighted by Crippen LogP contribution is -2.46. The maximum atomic E-state index is 12.7. The number of fused-ring (bicyclic) bond motifs is 5. The molecule has 0 radical (unpaired) electrons. The molecule has 1 aromatic carbocycles. The minimum absolute atomic E-state index is 0.165. The molecule has 2 aliphatic rings. The first-order chi connectivity index (χ1) is 9.80. The lowest BCUT2D eigenvalue weighted by molar-refractivity contribution is 0.0371. The maximum absolute atomic E-state index is 12.7. The van der Waals surface area contributed by atoms with Crippen LogP contribution in [0, 0.1) is 12.8 Å². The molecule has 2 atom stereocenters. The number of benzene rings is 1. The van der Waals surface area contributed by atoms with Crippen LogP contribution in [0.3, 0.4) is 0 Å². The summed E-state index contributed by atoms with van der Waals surface area (Å²) in [6.45, 7) is 11.1. The van der Waals surface area contributed by atoms with Crippen molar-refractivity contribution in [2.24, 2.45) is 5.92 Å². The topological polar surface area (TPSA) is 29.5 Å². The Hall–Kier alpha value is -1.51. The van der Waals surface area contributed by atoms with Gasteiger partial charge in [0.1, 0.15) is 0 Å². The highest BCUT2D eigenvalue weighted by Crippen LogP contribution is 2.61. The number of amides is 1. The van der Waals surface area contributed by atoms with E-state index in [9.17, 15) is 4.79 Å². The number of rotatable bonds is 2. The summed E-state index contributed by atoms with van der Waals surface area (Å²) in [5, 5.41) is 0. The molecule has 0 spiro atoms.